The number of ether oxygens (including phenoxy) is 1. The molecule has 1 unspecified atom stereocenters. The minimum Gasteiger partial charge on any atom is -0.459 e. The van der Waals surface area contributed by atoms with Crippen LogP contribution in [0.3, 0.4) is 0 Å². The van der Waals surface area contributed by atoms with E-state index in [9.17, 15) is 14.4 Å². The molecule has 1 aliphatic heterocycles. The van der Waals surface area contributed by atoms with Crippen molar-refractivity contribution in [2.75, 3.05) is 26.7 Å². The summed E-state index contributed by atoms with van der Waals surface area (Å²) in [6.45, 7) is 7.03. The number of aryl methyl sites for hydroxylation is 1. The zero-order valence-electron chi connectivity index (χ0n) is 18.7. The summed E-state index contributed by atoms with van der Waals surface area (Å²) in [5.74, 6) is -0.266. The summed E-state index contributed by atoms with van der Waals surface area (Å²) in [5.41, 5.74) is 0.837. The fourth-order valence-electron chi connectivity index (χ4n) is 2.86. The Morgan fingerprint density at radius 1 is 1.19 bits per heavy atom. The van der Waals surface area contributed by atoms with Crippen LogP contribution in [0.2, 0.25) is 0 Å². The standard InChI is InChI=1S/C22H33N5O4/c1-22(2,3)31-20(30)17(23-4)14-26-19(29)16-9-6-15(7-10-16)8-11-18(28)27-21-24-12-5-13-25-21/h6-7,9-10,17,23H,5,8,11-14H2,1-4H3,(H,26,29)(H2,24,25,27,28). The van der Waals surface area contributed by atoms with Gasteiger partial charge in [-0.3, -0.25) is 24.7 Å². The van der Waals surface area contributed by atoms with Gasteiger partial charge in [-0.1, -0.05) is 12.1 Å². The van der Waals surface area contributed by atoms with Crippen LogP contribution in [0.15, 0.2) is 29.3 Å². The average Bonchev–Trinajstić information content (AvgIpc) is 2.72. The number of likely N-dealkylation sites (N-methyl/N-ethyl adjacent to an activating group) is 1. The largest absolute Gasteiger partial charge is 0.459 e. The predicted octanol–water partition coefficient (Wildman–Crippen LogP) is 0.744. The molecule has 9 heteroatoms. The minimum absolute atomic E-state index is 0.102. The monoisotopic (exact) mass is 431 g/mol. The van der Waals surface area contributed by atoms with Crippen LogP contribution >= 0.6 is 0 Å². The first kappa shape index (κ1) is 24.3. The number of benzene rings is 1. The highest BCUT2D eigenvalue weighted by molar-refractivity contribution is 5.97. The molecule has 0 aliphatic carbocycles. The molecule has 1 aromatic carbocycles. The van der Waals surface area contributed by atoms with E-state index in [0.29, 0.717) is 24.4 Å². The maximum atomic E-state index is 12.4. The topological polar surface area (TPSA) is 121 Å². The van der Waals surface area contributed by atoms with Gasteiger partial charge in [0.05, 0.1) is 0 Å². The molecule has 9 nitrogen and oxygen atoms in total. The Morgan fingerprint density at radius 2 is 1.90 bits per heavy atom. The highest BCUT2D eigenvalue weighted by Gasteiger charge is 2.24. The minimum atomic E-state index is -0.635. The van der Waals surface area contributed by atoms with E-state index in [-0.39, 0.29) is 18.4 Å². The van der Waals surface area contributed by atoms with Crippen LogP contribution in [0.1, 0.15) is 49.5 Å². The first-order valence-corrected chi connectivity index (χ1v) is 10.5. The number of carbonyl (C=O) groups is 3. The van der Waals surface area contributed by atoms with Gasteiger partial charge < -0.3 is 20.7 Å². The molecule has 0 spiro atoms. The zero-order chi connectivity index (χ0) is 22.9. The van der Waals surface area contributed by atoms with Crippen molar-refractivity contribution in [2.24, 2.45) is 4.99 Å². The van der Waals surface area contributed by atoms with E-state index in [0.717, 1.165) is 25.1 Å². The van der Waals surface area contributed by atoms with Crippen LogP contribution in [0.5, 0.6) is 0 Å². The predicted molar refractivity (Wildman–Crippen MR) is 119 cm³/mol. The molecule has 0 fully saturated rings. The summed E-state index contributed by atoms with van der Waals surface area (Å²) in [4.78, 5) is 40.8. The second-order valence-corrected chi connectivity index (χ2v) is 8.34. The molecular formula is C22H33N5O4. The number of esters is 1. The molecule has 1 atom stereocenters. The molecule has 1 aromatic rings. The fourth-order valence-corrected chi connectivity index (χ4v) is 2.86. The van der Waals surface area contributed by atoms with E-state index in [1.54, 1.807) is 40.0 Å². The molecule has 2 rings (SSSR count). The Kier molecular flexibility index (Phi) is 8.99. The number of guanidine groups is 1. The van der Waals surface area contributed by atoms with Crippen LogP contribution in [0, 0.1) is 0 Å². The second kappa shape index (κ2) is 11.5. The molecule has 170 valence electrons. The summed E-state index contributed by atoms with van der Waals surface area (Å²) in [5, 5.41) is 11.4. The number of carbonyl (C=O) groups excluding carboxylic acids is 3. The number of nitrogens with zero attached hydrogens (tertiary/aromatic N) is 1. The zero-order valence-corrected chi connectivity index (χ0v) is 18.7. The van der Waals surface area contributed by atoms with Crippen molar-refractivity contribution >= 4 is 23.7 Å². The lowest BCUT2D eigenvalue weighted by molar-refractivity contribution is -0.157. The molecule has 0 saturated carbocycles. The van der Waals surface area contributed by atoms with E-state index in [1.165, 1.54) is 0 Å². The Morgan fingerprint density at radius 3 is 2.48 bits per heavy atom. The number of hydrogen-bond acceptors (Lipinski definition) is 7. The van der Waals surface area contributed by atoms with Gasteiger partial charge in [0.1, 0.15) is 11.6 Å². The average molecular weight is 432 g/mol. The molecule has 4 N–H and O–H groups in total. The molecule has 1 aliphatic rings. The van der Waals surface area contributed by atoms with Gasteiger partial charge in [-0.05, 0) is 58.4 Å². The van der Waals surface area contributed by atoms with Gasteiger partial charge in [-0.2, -0.15) is 0 Å². The van der Waals surface area contributed by atoms with E-state index in [4.69, 9.17) is 4.74 Å². The van der Waals surface area contributed by atoms with Crippen LogP contribution in [0.25, 0.3) is 0 Å². The van der Waals surface area contributed by atoms with Gasteiger partial charge in [0.15, 0.2) is 5.96 Å². The Bertz CT molecular complexity index is 799. The van der Waals surface area contributed by atoms with Crippen LogP contribution in [0.4, 0.5) is 0 Å². The molecule has 1 heterocycles. The molecule has 0 aromatic heterocycles. The summed E-state index contributed by atoms with van der Waals surface area (Å²) in [6.07, 6.45) is 1.85. The number of hydrogen-bond donors (Lipinski definition) is 4. The maximum Gasteiger partial charge on any atom is 0.325 e. The summed E-state index contributed by atoms with van der Waals surface area (Å²) < 4.78 is 5.34. The quantitative estimate of drug-likeness (QED) is 0.451. The second-order valence-electron chi connectivity index (χ2n) is 8.34. The lowest BCUT2D eigenvalue weighted by Crippen LogP contribution is -2.47. The normalized spacial score (nSPS) is 14.6. The third kappa shape index (κ3) is 8.75. The highest BCUT2D eigenvalue weighted by Crippen LogP contribution is 2.09. The van der Waals surface area contributed by atoms with Crippen LogP contribution in [-0.4, -0.2) is 62.1 Å². The maximum absolute atomic E-state index is 12.4. The molecule has 31 heavy (non-hydrogen) atoms. The van der Waals surface area contributed by atoms with Crippen molar-refractivity contribution in [3.63, 3.8) is 0 Å². The summed E-state index contributed by atoms with van der Waals surface area (Å²) in [7, 11) is 1.64. The van der Waals surface area contributed by atoms with E-state index >= 15 is 0 Å². The van der Waals surface area contributed by atoms with Crippen LogP contribution in [-0.2, 0) is 20.7 Å². The van der Waals surface area contributed by atoms with E-state index < -0.39 is 17.6 Å². The number of nitrogens with one attached hydrogen (secondary N) is 4. The van der Waals surface area contributed by atoms with Crippen molar-refractivity contribution in [3.05, 3.63) is 35.4 Å². The SMILES string of the molecule is CNC(CNC(=O)c1ccc(CCC(=O)NC2=NCCCN2)cc1)C(=O)OC(C)(C)C. The lowest BCUT2D eigenvalue weighted by atomic mass is 10.1. The van der Waals surface area contributed by atoms with Gasteiger partial charge in [-0.25, -0.2) is 0 Å². The highest BCUT2D eigenvalue weighted by atomic mass is 16.6. The number of aliphatic imine (C=N–C) groups is 1. The summed E-state index contributed by atoms with van der Waals surface area (Å²) in [6, 6.07) is 6.42. The van der Waals surface area contributed by atoms with Crippen LogP contribution < -0.4 is 21.3 Å². The first-order valence-electron chi connectivity index (χ1n) is 10.5. The Balaban J connectivity index is 1.79. The van der Waals surface area contributed by atoms with Gasteiger partial charge in [0, 0.05) is 31.6 Å². The van der Waals surface area contributed by atoms with E-state index in [1.807, 2.05) is 12.1 Å². The Hall–Kier alpha value is -2.94. The lowest BCUT2D eigenvalue weighted by Gasteiger charge is -2.23. The fraction of sp³-hybridized carbons (Fsp3) is 0.545. The Labute approximate surface area is 183 Å². The molecule has 0 bridgehead atoms. The number of amides is 2. The molecule has 2 amide bonds. The van der Waals surface area contributed by atoms with Gasteiger partial charge in [-0.15, -0.1) is 0 Å². The summed E-state index contributed by atoms with van der Waals surface area (Å²) >= 11 is 0. The molecule has 0 radical (unpaired) electrons. The van der Waals surface area contributed by atoms with Gasteiger partial charge >= 0.3 is 5.97 Å². The van der Waals surface area contributed by atoms with Crippen molar-refractivity contribution in [1.82, 2.24) is 21.3 Å². The van der Waals surface area contributed by atoms with E-state index in [2.05, 4.69) is 26.3 Å². The molecule has 0 saturated heterocycles. The number of rotatable bonds is 8. The molecular weight excluding hydrogens is 398 g/mol. The van der Waals surface area contributed by atoms with Gasteiger partial charge in [0.2, 0.25) is 5.91 Å². The third-order valence-electron chi connectivity index (χ3n) is 4.52. The smallest absolute Gasteiger partial charge is 0.325 e. The van der Waals surface area contributed by atoms with Crippen molar-refractivity contribution < 1.29 is 19.1 Å². The third-order valence-corrected chi connectivity index (χ3v) is 4.52. The van der Waals surface area contributed by atoms with Crippen molar-refractivity contribution in [1.29, 1.82) is 0 Å². The van der Waals surface area contributed by atoms with Crippen molar-refractivity contribution in [3.8, 4) is 0 Å². The van der Waals surface area contributed by atoms with Gasteiger partial charge in [0.25, 0.3) is 5.91 Å². The van der Waals surface area contributed by atoms with Crippen molar-refractivity contribution in [2.45, 2.75) is 51.7 Å². The first-order chi connectivity index (χ1) is 14.7.